The molecule has 0 saturated carbocycles. The summed E-state index contributed by atoms with van der Waals surface area (Å²) in [5.41, 5.74) is 1.26. The predicted molar refractivity (Wildman–Crippen MR) is 68.2 cm³/mol. The fraction of sp³-hybridized carbons (Fsp3) is 0.714. The van der Waals surface area contributed by atoms with Gasteiger partial charge in [0.1, 0.15) is 11.5 Å². The Labute approximate surface area is 104 Å². The number of ether oxygens (including phenoxy) is 1. The molecule has 1 fully saturated rings. The molecule has 17 heavy (non-hydrogen) atoms. The van der Waals surface area contributed by atoms with Crippen LogP contribution in [0.25, 0.3) is 0 Å². The van der Waals surface area contributed by atoms with E-state index in [0.29, 0.717) is 6.10 Å². The minimum Gasteiger partial charge on any atom is -0.466 e. The lowest BCUT2D eigenvalue weighted by molar-refractivity contribution is -0.00814. The van der Waals surface area contributed by atoms with Crippen molar-refractivity contribution in [3.63, 3.8) is 0 Å². The SMILES string of the molecule is CCNC(c1cc(C)oc1C)C1CCCCO1. The summed E-state index contributed by atoms with van der Waals surface area (Å²) in [6.07, 6.45) is 3.89. The van der Waals surface area contributed by atoms with Crippen molar-refractivity contribution in [2.24, 2.45) is 0 Å². The van der Waals surface area contributed by atoms with Gasteiger partial charge in [0.15, 0.2) is 0 Å². The maximum Gasteiger partial charge on any atom is 0.105 e. The van der Waals surface area contributed by atoms with Crippen LogP contribution in [0, 0.1) is 13.8 Å². The van der Waals surface area contributed by atoms with Crippen LogP contribution in [0.2, 0.25) is 0 Å². The monoisotopic (exact) mass is 237 g/mol. The third kappa shape index (κ3) is 2.90. The van der Waals surface area contributed by atoms with E-state index in [1.165, 1.54) is 18.4 Å². The molecule has 3 heteroatoms. The molecule has 2 atom stereocenters. The smallest absolute Gasteiger partial charge is 0.105 e. The molecule has 0 aromatic carbocycles. The Kier molecular flexibility index (Phi) is 4.24. The highest BCUT2D eigenvalue weighted by Gasteiger charge is 2.27. The van der Waals surface area contributed by atoms with E-state index in [1.807, 2.05) is 13.8 Å². The highest BCUT2D eigenvalue weighted by Crippen LogP contribution is 2.30. The second-order valence-corrected chi connectivity index (χ2v) is 4.81. The Morgan fingerprint density at radius 2 is 2.24 bits per heavy atom. The van der Waals surface area contributed by atoms with Crippen LogP contribution in [0.1, 0.15) is 49.3 Å². The third-order valence-electron chi connectivity index (χ3n) is 3.43. The molecule has 1 N–H and O–H groups in total. The average Bonchev–Trinajstić information content (AvgIpc) is 2.66. The number of hydrogen-bond donors (Lipinski definition) is 1. The largest absolute Gasteiger partial charge is 0.466 e. The zero-order chi connectivity index (χ0) is 12.3. The topological polar surface area (TPSA) is 34.4 Å². The zero-order valence-electron chi connectivity index (χ0n) is 11.1. The van der Waals surface area contributed by atoms with Crippen LogP contribution in [-0.2, 0) is 4.74 Å². The lowest BCUT2D eigenvalue weighted by atomic mass is 9.96. The van der Waals surface area contributed by atoms with Crippen molar-refractivity contribution >= 4 is 0 Å². The summed E-state index contributed by atoms with van der Waals surface area (Å²) in [4.78, 5) is 0. The number of likely N-dealkylation sites (N-methyl/N-ethyl adjacent to an activating group) is 1. The van der Waals surface area contributed by atoms with Crippen molar-refractivity contribution in [1.82, 2.24) is 5.32 Å². The molecule has 2 rings (SSSR count). The molecule has 1 aliphatic heterocycles. The Morgan fingerprint density at radius 1 is 1.41 bits per heavy atom. The number of furan rings is 1. The first-order valence-electron chi connectivity index (χ1n) is 6.64. The molecular weight excluding hydrogens is 214 g/mol. The standard InChI is InChI=1S/C14H23NO2/c1-4-15-14(13-7-5-6-8-16-13)12-9-10(2)17-11(12)3/h9,13-15H,4-8H2,1-3H3. The van der Waals surface area contributed by atoms with Gasteiger partial charge >= 0.3 is 0 Å². The van der Waals surface area contributed by atoms with Gasteiger partial charge < -0.3 is 14.5 Å². The summed E-state index contributed by atoms with van der Waals surface area (Å²) < 4.78 is 11.5. The lowest BCUT2D eigenvalue weighted by Gasteiger charge is -2.30. The molecule has 0 spiro atoms. The van der Waals surface area contributed by atoms with Crippen LogP contribution < -0.4 is 5.32 Å². The van der Waals surface area contributed by atoms with E-state index in [-0.39, 0.29) is 6.04 Å². The van der Waals surface area contributed by atoms with E-state index in [4.69, 9.17) is 9.15 Å². The van der Waals surface area contributed by atoms with Gasteiger partial charge in [0.2, 0.25) is 0 Å². The molecule has 0 bridgehead atoms. The molecule has 1 aromatic rings. The van der Waals surface area contributed by atoms with Crippen LogP contribution in [-0.4, -0.2) is 19.3 Å². The minimum absolute atomic E-state index is 0.276. The van der Waals surface area contributed by atoms with Crippen molar-refractivity contribution < 1.29 is 9.15 Å². The van der Waals surface area contributed by atoms with Gasteiger partial charge in [-0.05, 0) is 45.7 Å². The van der Waals surface area contributed by atoms with E-state index in [2.05, 4.69) is 18.3 Å². The zero-order valence-corrected chi connectivity index (χ0v) is 11.1. The average molecular weight is 237 g/mol. The quantitative estimate of drug-likeness (QED) is 0.873. The highest BCUT2D eigenvalue weighted by atomic mass is 16.5. The molecule has 1 aliphatic rings. The van der Waals surface area contributed by atoms with Crippen molar-refractivity contribution in [3.05, 3.63) is 23.2 Å². The van der Waals surface area contributed by atoms with Crippen molar-refractivity contribution in [2.75, 3.05) is 13.2 Å². The van der Waals surface area contributed by atoms with E-state index in [9.17, 15) is 0 Å². The minimum atomic E-state index is 0.276. The molecule has 0 radical (unpaired) electrons. The summed E-state index contributed by atoms with van der Waals surface area (Å²) in [7, 11) is 0. The maximum atomic E-state index is 5.91. The molecule has 1 aromatic heterocycles. The van der Waals surface area contributed by atoms with Gasteiger partial charge in [-0.1, -0.05) is 6.92 Å². The third-order valence-corrected chi connectivity index (χ3v) is 3.43. The first-order chi connectivity index (χ1) is 8.22. The Bertz CT molecular complexity index is 353. The van der Waals surface area contributed by atoms with Crippen molar-refractivity contribution in [1.29, 1.82) is 0 Å². The fourth-order valence-electron chi connectivity index (χ4n) is 2.65. The normalized spacial score (nSPS) is 22.6. The number of rotatable bonds is 4. The van der Waals surface area contributed by atoms with E-state index in [0.717, 1.165) is 31.1 Å². The van der Waals surface area contributed by atoms with Gasteiger partial charge in [0.05, 0.1) is 12.1 Å². The molecule has 1 saturated heterocycles. The Balaban J connectivity index is 2.18. The second-order valence-electron chi connectivity index (χ2n) is 4.81. The van der Waals surface area contributed by atoms with Crippen LogP contribution in [0.4, 0.5) is 0 Å². The molecule has 0 amide bonds. The highest BCUT2D eigenvalue weighted by molar-refractivity contribution is 5.25. The Hall–Kier alpha value is -0.800. The fourth-order valence-corrected chi connectivity index (χ4v) is 2.65. The van der Waals surface area contributed by atoms with Gasteiger partial charge in [0.25, 0.3) is 0 Å². The van der Waals surface area contributed by atoms with Crippen LogP contribution >= 0.6 is 0 Å². The molecule has 0 aliphatic carbocycles. The van der Waals surface area contributed by atoms with Gasteiger partial charge in [-0.3, -0.25) is 0 Å². The molecule has 2 unspecified atom stereocenters. The Morgan fingerprint density at radius 3 is 2.76 bits per heavy atom. The summed E-state index contributed by atoms with van der Waals surface area (Å²) in [6.45, 7) is 8.02. The summed E-state index contributed by atoms with van der Waals surface area (Å²) in [5.74, 6) is 2.00. The second kappa shape index (κ2) is 5.69. The van der Waals surface area contributed by atoms with E-state index in [1.54, 1.807) is 0 Å². The van der Waals surface area contributed by atoms with Gasteiger partial charge in [-0.2, -0.15) is 0 Å². The van der Waals surface area contributed by atoms with Crippen LogP contribution in [0.3, 0.4) is 0 Å². The predicted octanol–water partition coefficient (Wildman–Crippen LogP) is 3.12. The van der Waals surface area contributed by atoms with Gasteiger partial charge in [0, 0.05) is 12.2 Å². The molecule has 2 heterocycles. The van der Waals surface area contributed by atoms with Crippen molar-refractivity contribution in [2.45, 2.75) is 52.2 Å². The van der Waals surface area contributed by atoms with E-state index < -0.39 is 0 Å². The maximum absolute atomic E-state index is 5.91. The number of aryl methyl sites for hydroxylation is 2. The van der Waals surface area contributed by atoms with Gasteiger partial charge in [-0.25, -0.2) is 0 Å². The van der Waals surface area contributed by atoms with Crippen LogP contribution in [0.5, 0.6) is 0 Å². The summed E-state index contributed by atoms with van der Waals surface area (Å²) in [6, 6.07) is 2.42. The number of hydrogen-bond acceptors (Lipinski definition) is 3. The van der Waals surface area contributed by atoms with Crippen molar-refractivity contribution in [3.8, 4) is 0 Å². The summed E-state index contributed by atoms with van der Waals surface area (Å²) in [5, 5.41) is 3.54. The first-order valence-corrected chi connectivity index (χ1v) is 6.64. The van der Waals surface area contributed by atoms with Gasteiger partial charge in [-0.15, -0.1) is 0 Å². The van der Waals surface area contributed by atoms with E-state index >= 15 is 0 Å². The lowest BCUT2D eigenvalue weighted by Crippen LogP contribution is -2.36. The van der Waals surface area contributed by atoms with Crippen LogP contribution in [0.15, 0.2) is 10.5 Å². The molecular formula is C14H23NO2. The summed E-state index contributed by atoms with van der Waals surface area (Å²) >= 11 is 0. The molecule has 96 valence electrons. The first kappa shape index (κ1) is 12.7. The number of nitrogens with one attached hydrogen (secondary N) is 1. The molecule has 3 nitrogen and oxygen atoms in total.